The second kappa shape index (κ2) is 6.58. The second-order valence-corrected chi connectivity index (χ2v) is 9.19. The molecule has 1 aliphatic heterocycles. The molecule has 1 aliphatic rings. The van der Waals surface area contributed by atoms with Crippen LogP contribution >= 0.6 is 22.7 Å². The first kappa shape index (κ1) is 15.2. The fourth-order valence-electron chi connectivity index (χ4n) is 2.51. The Morgan fingerprint density at radius 2 is 1.81 bits per heavy atom. The van der Waals surface area contributed by atoms with Crippen LogP contribution in [0.25, 0.3) is 0 Å². The zero-order valence-electron chi connectivity index (χ0n) is 11.6. The lowest BCUT2D eigenvalue weighted by molar-refractivity contribution is 0.281. The first-order valence-electron chi connectivity index (χ1n) is 6.95. The number of sulfonamides is 1. The van der Waals surface area contributed by atoms with Gasteiger partial charge in [0.2, 0.25) is 0 Å². The lowest BCUT2D eigenvalue weighted by Crippen LogP contribution is -2.34. The molecule has 114 valence electrons. The first-order valence-corrected chi connectivity index (χ1v) is 10.1. The van der Waals surface area contributed by atoms with E-state index in [4.69, 9.17) is 0 Å². The van der Waals surface area contributed by atoms with E-state index in [1.165, 1.54) is 16.2 Å². The molecule has 3 heterocycles. The largest absolute Gasteiger partial charge is 0.297 e. The van der Waals surface area contributed by atoms with Crippen molar-refractivity contribution in [2.45, 2.75) is 17.2 Å². The van der Waals surface area contributed by atoms with Crippen LogP contribution in [0.3, 0.4) is 0 Å². The molecule has 2 aromatic heterocycles. The summed E-state index contributed by atoms with van der Waals surface area (Å²) in [6.45, 7) is 3.86. The summed E-state index contributed by atoms with van der Waals surface area (Å²) in [6, 6.07) is 7.67. The summed E-state index contributed by atoms with van der Waals surface area (Å²) in [5, 5.41) is 3.90. The maximum absolute atomic E-state index is 12.5. The molecule has 0 radical (unpaired) electrons. The van der Waals surface area contributed by atoms with Gasteiger partial charge >= 0.3 is 0 Å². The van der Waals surface area contributed by atoms with Gasteiger partial charge < -0.3 is 0 Å². The first-order chi connectivity index (χ1) is 10.2. The van der Waals surface area contributed by atoms with Crippen molar-refractivity contribution >= 4 is 32.7 Å². The summed E-state index contributed by atoms with van der Waals surface area (Å²) in [4.78, 5) is 3.68. The SMILES string of the molecule is O=S(=O)(c1cccs1)N1CCCN(Cc2cccs2)CC1. The normalized spacial score (nSPS) is 18.7. The van der Waals surface area contributed by atoms with E-state index in [0.717, 1.165) is 26.1 Å². The third kappa shape index (κ3) is 3.54. The summed E-state index contributed by atoms with van der Waals surface area (Å²) < 4.78 is 27.2. The molecule has 0 aliphatic carbocycles. The molecule has 4 nitrogen and oxygen atoms in total. The maximum Gasteiger partial charge on any atom is 0.252 e. The maximum atomic E-state index is 12.5. The number of nitrogens with zero attached hydrogens (tertiary/aromatic N) is 2. The van der Waals surface area contributed by atoms with Crippen LogP contribution in [0, 0.1) is 0 Å². The van der Waals surface area contributed by atoms with Gasteiger partial charge in [0.15, 0.2) is 0 Å². The monoisotopic (exact) mass is 342 g/mol. The Morgan fingerprint density at radius 1 is 1.00 bits per heavy atom. The highest BCUT2D eigenvalue weighted by Crippen LogP contribution is 2.22. The van der Waals surface area contributed by atoms with E-state index < -0.39 is 10.0 Å². The Morgan fingerprint density at radius 3 is 2.52 bits per heavy atom. The van der Waals surface area contributed by atoms with Crippen LogP contribution in [0.2, 0.25) is 0 Å². The average molecular weight is 343 g/mol. The zero-order chi connectivity index (χ0) is 14.7. The van der Waals surface area contributed by atoms with Gasteiger partial charge in [-0.05, 0) is 35.9 Å². The minimum Gasteiger partial charge on any atom is -0.297 e. The van der Waals surface area contributed by atoms with Crippen LogP contribution in [0.1, 0.15) is 11.3 Å². The van der Waals surface area contributed by atoms with Gasteiger partial charge in [-0.1, -0.05) is 12.1 Å². The summed E-state index contributed by atoms with van der Waals surface area (Å²) in [6.07, 6.45) is 0.885. The summed E-state index contributed by atoms with van der Waals surface area (Å²) in [5.74, 6) is 0. The smallest absolute Gasteiger partial charge is 0.252 e. The fourth-order valence-corrected chi connectivity index (χ4v) is 5.87. The van der Waals surface area contributed by atoms with E-state index in [1.54, 1.807) is 27.8 Å². The van der Waals surface area contributed by atoms with Crippen molar-refractivity contribution in [2.24, 2.45) is 0 Å². The van der Waals surface area contributed by atoms with Gasteiger partial charge in [0.1, 0.15) is 4.21 Å². The van der Waals surface area contributed by atoms with E-state index in [2.05, 4.69) is 22.4 Å². The van der Waals surface area contributed by atoms with Crippen LogP contribution in [-0.4, -0.2) is 43.8 Å². The molecule has 0 aromatic carbocycles. The highest BCUT2D eigenvalue weighted by atomic mass is 32.2. The highest BCUT2D eigenvalue weighted by molar-refractivity contribution is 7.91. The van der Waals surface area contributed by atoms with Crippen molar-refractivity contribution in [2.75, 3.05) is 26.2 Å². The molecule has 0 bridgehead atoms. The van der Waals surface area contributed by atoms with E-state index >= 15 is 0 Å². The molecular formula is C14H18N2O2S3. The Balaban J connectivity index is 1.66. The molecule has 0 unspecified atom stereocenters. The van der Waals surface area contributed by atoms with Gasteiger partial charge in [-0.25, -0.2) is 8.42 Å². The molecule has 3 rings (SSSR count). The van der Waals surface area contributed by atoms with Crippen molar-refractivity contribution in [1.82, 2.24) is 9.21 Å². The Kier molecular flexibility index (Phi) is 4.75. The van der Waals surface area contributed by atoms with Crippen molar-refractivity contribution < 1.29 is 8.42 Å². The average Bonchev–Trinajstić information content (AvgIpc) is 3.10. The van der Waals surface area contributed by atoms with Gasteiger partial charge in [-0.15, -0.1) is 22.7 Å². The Labute approximate surface area is 133 Å². The van der Waals surface area contributed by atoms with Crippen molar-refractivity contribution in [3.05, 3.63) is 39.9 Å². The van der Waals surface area contributed by atoms with E-state index in [-0.39, 0.29) is 0 Å². The molecule has 1 saturated heterocycles. The standard InChI is InChI=1S/C14H18N2O2S3/c17-21(18,14-5-2-11-20-14)16-7-3-6-15(8-9-16)12-13-4-1-10-19-13/h1-2,4-5,10-11H,3,6-9,12H2. The zero-order valence-corrected chi connectivity index (χ0v) is 14.1. The van der Waals surface area contributed by atoms with Crippen LogP contribution in [0.4, 0.5) is 0 Å². The Bertz CT molecular complexity index is 650. The quantitative estimate of drug-likeness (QED) is 0.858. The molecule has 0 saturated carbocycles. The molecule has 0 amide bonds. The summed E-state index contributed by atoms with van der Waals surface area (Å²) in [5.41, 5.74) is 0. The van der Waals surface area contributed by atoms with Crippen molar-refractivity contribution in [3.63, 3.8) is 0 Å². The third-order valence-corrected chi connectivity index (χ3v) is 7.73. The lowest BCUT2D eigenvalue weighted by Gasteiger charge is -2.20. The summed E-state index contributed by atoms with van der Waals surface area (Å²) >= 11 is 3.05. The topological polar surface area (TPSA) is 40.6 Å². The molecule has 1 fully saturated rings. The van der Waals surface area contributed by atoms with Crippen molar-refractivity contribution in [1.29, 1.82) is 0 Å². The van der Waals surface area contributed by atoms with Gasteiger partial charge in [0.25, 0.3) is 10.0 Å². The van der Waals surface area contributed by atoms with Gasteiger partial charge in [0.05, 0.1) is 0 Å². The molecule has 2 aromatic rings. The minimum atomic E-state index is -3.30. The third-order valence-electron chi connectivity index (χ3n) is 3.60. The molecule has 7 heteroatoms. The second-order valence-electron chi connectivity index (χ2n) is 5.05. The van der Waals surface area contributed by atoms with Crippen LogP contribution in [-0.2, 0) is 16.6 Å². The van der Waals surface area contributed by atoms with Crippen LogP contribution in [0.15, 0.2) is 39.2 Å². The minimum absolute atomic E-state index is 0.453. The van der Waals surface area contributed by atoms with Crippen LogP contribution < -0.4 is 0 Å². The molecule has 0 atom stereocenters. The number of hydrogen-bond acceptors (Lipinski definition) is 5. The van der Waals surface area contributed by atoms with Crippen molar-refractivity contribution in [3.8, 4) is 0 Å². The predicted molar refractivity (Wildman–Crippen MR) is 87.3 cm³/mol. The molecule has 0 spiro atoms. The number of thiophene rings is 2. The van der Waals surface area contributed by atoms with E-state index in [1.807, 2.05) is 5.38 Å². The molecular weight excluding hydrogens is 324 g/mol. The molecule has 21 heavy (non-hydrogen) atoms. The van der Waals surface area contributed by atoms with Crippen LogP contribution in [0.5, 0.6) is 0 Å². The fraction of sp³-hybridized carbons (Fsp3) is 0.429. The highest BCUT2D eigenvalue weighted by Gasteiger charge is 2.27. The van der Waals surface area contributed by atoms with Gasteiger partial charge in [-0.2, -0.15) is 4.31 Å². The van der Waals surface area contributed by atoms with E-state index in [0.29, 0.717) is 17.3 Å². The molecule has 0 N–H and O–H groups in total. The van der Waals surface area contributed by atoms with E-state index in [9.17, 15) is 8.42 Å². The van der Waals surface area contributed by atoms with Gasteiger partial charge in [0, 0.05) is 31.1 Å². The summed E-state index contributed by atoms with van der Waals surface area (Å²) in [7, 11) is -3.30. The van der Waals surface area contributed by atoms with Gasteiger partial charge in [-0.3, -0.25) is 4.90 Å². The lowest BCUT2D eigenvalue weighted by atomic mass is 10.3. The predicted octanol–water partition coefficient (Wildman–Crippen LogP) is 2.71. The Hall–Kier alpha value is -0.730. The number of hydrogen-bond donors (Lipinski definition) is 0. The number of rotatable bonds is 4.